The Hall–Kier alpha value is -3.64. The number of ether oxygens (including phenoxy) is 2. The Kier molecular flexibility index (Phi) is 12.0. The van der Waals surface area contributed by atoms with Gasteiger partial charge in [-0.25, -0.2) is 0 Å². The van der Waals surface area contributed by atoms with Gasteiger partial charge < -0.3 is 20.1 Å². The van der Waals surface area contributed by atoms with Gasteiger partial charge in [0.2, 0.25) is 35.4 Å². The largest absolute Gasteiger partial charge is 0.379 e. The highest BCUT2D eigenvalue weighted by molar-refractivity contribution is 6.06. The Labute approximate surface area is 258 Å². The lowest BCUT2D eigenvalue weighted by molar-refractivity contribution is -0.152. The molecule has 0 spiro atoms. The number of likely N-dealkylation sites (tertiary alicyclic amines) is 2. The van der Waals surface area contributed by atoms with E-state index in [9.17, 15) is 28.8 Å². The van der Waals surface area contributed by atoms with Gasteiger partial charge in [0, 0.05) is 51.0 Å². The van der Waals surface area contributed by atoms with Gasteiger partial charge in [0.15, 0.2) is 0 Å². The van der Waals surface area contributed by atoms with E-state index in [1.54, 1.807) is 12.1 Å². The first-order valence-corrected chi connectivity index (χ1v) is 15.7. The minimum Gasteiger partial charge on any atom is -0.379 e. The molecule has 2 aliphatic heterocycles. The molecule has 12 nitrogen and oxygen atoms in total. The summed E-state index contributed by atoms with van der Waals surface area (Å²) in [5.41, 5.74) is 0.970. The fourth-order valence-electron chi connectivity index (χ4n) is 6.01. The number of carbonyl (C=O) groups excluding carboxylic acids is 6. The van der Waals surface area contributed by atoms with Crippen molar-refractivity contribution < 1.29 is 38.2 Å². The van der Waals surface area contributed by atoms with Gasteiger partial charge in [-0.15, -0.1) is 0 Å². The average Bonchev–Trinajstić information content (AvgIpc) is 3.61. The fraction of sp³-hybridized carbons (Fsp3) is 0.625. The summed E-state index contributed by atoms with van der Waals surface area (Å²) in [6.45, 7) is 3.94. The predicted octanol–water partition coefficient (Wildman–Crippen LogP) is 2.20. The third kappa shape index (κ3) is 8.95. The molecule has 3 aliphatic rings. The minimum absolute atomic E-state index is 0.0661. The van der Waals surface area contributed by atoms with Crippen molar-refractivity contribution in [3.63, 3.8) is 0 Å². The SMILES string of the molecule is CC1(C2CCCC2)CC(=O)N(CCC(=O)NCCOCCOCCC(=O)Nc2ccc(CCC(=O)N3CCC3=O)cc2)C1=O. The lowest BCUT2D eigenvalue weighted by Gasteiger charge is -2.28. The monoisotopic (exact) mass is 612 g/mol. The normalized spacial score (nSPS) is 20.2. The van der Waals surface area contributed by atoms with Crippen LogP contribution in [0.5, 0.6) is 0 Å². The summed E-state index contributed by atoms with van der Waals surface area (Å²) in [6.07, 6.45) is 5.90. The number of carbonyl (C=O) groups is 6. The van der Waals surface area contributed by atoms with Gasteiger partial charge in [-0.3, -0.25) is 38.6 Å². The average molecular weight is 613 g/mol. The van der Waals surface area contributed by atoms with Crippen LogP contribution in [0.1, 0.15) is 70.3 Å². The lowest BCUT2D eigenvalue weighted by atomic mass is 9.74. The quantitative estimate of drug-likeness (QED) is 0.154. The van der Waals surface area contributed by atoms with Gasteiger partial charge in [0.25, 0.3) is 0 Å². The standard InChI is InChI=1S/C32H44N4O8/c1-32(24-4-2-3-5-24)22-30(41)36(31(32)42)16-12-26(37)33-15-19-44-21-20-43-18-14-27(38)34-25-9-6-23(7-10-25)8-11-28(39)35-17-13-29(35)40/h6-7,9-10,24H,2-5,8,11-22H2,1H3,(H,33,37)(H,34,38). The molecule has 0 aromatic heterocycles. The third-order valence-electron chi connectivity index (χ3n) is 8.80. The zero-order chi connectivity index (χ0) is 31.5. The van der Waals surface area contributed by atoms with Crippen molar-refractivity contribution >= 4 is 41.1 Å². The molecule has 3 fully saturated rings. The zero-order valence-corrected chi connectivity index (χ0v) is 25.6. The van der Waals surface area contributed by atoms with E-state index in [1.807, 2.05) is 19.1 Å². The van der Waals surface area contributed by atoms with E-state index < -0.39 is 5.41 Å². The number of anilines is 1. The Bertz CT molecular complexity index is 1210. The highest BCUT2D eigenvalue weighted by Crippen LogP contribution is 2.46. The van der Waals surface area contributed by atoms with Crippen LogP contribution in [0, 0.1) is 11.3 Å². The number of benzene rings is 1. The van der Waals surface area contributed by atoms with Crippen molar-refractivity contribution in [2.75, 3.05) is 51.4 Å². The summed E-state index contributed by atoms with van der Waals surface area (Å²) in [7, 11) is 0. The second-order valence-corrected chi connectivity index (χ2v) is 11.9. The van der Waals surface area contributed by atoms with Crippen molar-refractivity contribution in [2.45, 2.75) is 71.1 Å². The number of amides is 6. The number of β-lactam (4-membered cyclic amide) rings is 1. The van der Waals surface area contributed by atoms with Crippen LogP contribution in [0.3, 0.4) is 0 Å². The highest BCUT2D eigenvalue weighted by Gasteiger charge is 2.52. The second-order valence-electron chi connectivity index (χ2n) is 11.9. The highest BCUT2D eigenvalue weighted by atomic mass is 16.5. The molecule has 1 aromatic carbocycles. The first-order chi connectivity index (χ1) is 21.2. The topological polar surface area (TPSA) is 151 Å². The molecule has 1 aliphatic carbocycles. The molecule has 4 rings (SSSR count). The smallest absolute Gasteiger partial charge is 0.235 e. The molecule has 2 saturated heterocycles. The molecule has 2 heterocycles. The van der Waals surface area contributed by atoms with Crippen LogP contribution < -0.4 is 10.6 Å². The maximum Gasteiger partial charge on any atom is 0.235 e. The second kappa shape index (κ2) is 15.9. The van der Waals surface area contributed by atoms with Gasteiger partial charge in [0.1, 0.15) is 0 Å². The van der Waals surface area contributed by atoms with Crippen LogP contribution >= 0.6 is 0 Å². The van der Waals surface area contributed by atoms with E-state index in [2.05, 4.69) is 10.6 Å². The molecule has 1 atom stereocenters. The maximum atomic E-state index is 12.9. The van der Waals surface area contributed by atoms with Gasteiger partial charge in [-0.05, 0) is 49.8 Å². The summed E-state index contributed by atoms with van der Waals surface area (Å²) >= 11 is 0. The molecule has 0 bridgehead atoms. The van der Waals surface area contributed by atoms with Crippen molar-refractivity contribution in [3.8, 4) is 0 Å². The Morgan fingerprint density at radius 3 is 2.25 bits per heavy atom. The fourth-order valence-corrected chi connectivity index (χ4v) is 6.01. The zero-order valence-electron chi connectivity index (χ0n) is 25.6. The van der Waals surface area contributed by atoms with Crippen LogP contribution in [-0.2, 0) is 44.7 Å². The number of hydrogen-bond donors (Lipinski definition) is 2. The summed E-state index contributed by atoms with van der Waals surface area (Å²) in [6, 6.07) is 7.24. The molecule has 6 amide bonds. The molecule has 240 valence electrons. The van der Waals surface area contributed by atoms with Gasteiger partial charge >= 0.3 is 0 Å². The predicted molar refractivity (Wildman–Crippen MR) is 160 cm³/mol. The van der Waals surface area contributed by atoms with Gasteiger partial charge in [0.05, 0.1) is 38.3 Å². The van der Waals surface area contributed by atoms with Crippen molar-refractivity contribution in [3.05, 3.63) is 29.8 Å². The Morgan fingerprint density at radius 2 is 1.59 bits per heavy atom. The number of aryl methyl sites for hydroxylation is 1. The molecule has 44 heavy (non-hydrogen) atoms. The molecule has 1 aromatic rings. The minimum atomic E-state index is -0.626. The van der Waals surface area contributed by atoms with E-state index in [0.29, 0.717) is 44.8 Å². The van der Waals surface area contributed by atoms with Crippen LogP contribution in [-0.4, -0.2) is 91.3 Å². The van der Waals surface area contributed by atoms with Crippen molar-refractivity contribution in [1.82, 2.24) is 15.1 Å². The van der Waals surface area contributed by atoms with E-state index in [1.165, 1.54) is 9.80 Å². The first kappa shape index (κ1) is 33.3. The number of hydrogen-bond acceptors (Lipinski definition) is 8. The summed E-state index contributed by atoms with van der Waals surface area (Å²) in [4.78, 5) is 75.7. The Morgan fingerprint density at radius 1 is 0.886 bits per heavy atom. The molecule has 0 radical (unpaired) electrons. The van der Waals surface area contributed by atoms with E-state index in [0.717, 1.165) is 31.2 Å². The Balaban J connectivity index is 0.979. The first-order valence-electron chi connectivity index (χ1n) is 15.7. The van der Waals surface area contributed by atoms with Crippen LogP contribution in [0.15, 0.2) is 24.3 Å². The third-order valence-corrected chi connectivity index (χ3v) is 8.80. The van der Waals surface area contributed by atoms with Crippen LogP contribution in [0.2, 0.25) is 0 Å². The molecular weight excluding hydrogens is 568 g/mol. The van der Waals surface area contributed by atoms with Gasteiger partial charge in [-0.2, -0.15) is 0 Å². The maximum absolute atomic E-state index is 12.9. The van der Waals surface area contributed by atoms with E-state index >= 15 is 0 Å². The molecule has 2 N–H and O–H groups in total. The number of imide groups is 2. The molecule has 12 heteroatoms. The number of nitrogens with zero attached hydrogens (tertiary/aromatic N) is 2. The molecule has 1 unspecified atom stereocenters. The van der Waals surface area contributed by atoms with Crippen molar-refractivity contribution in [2.24, 2.45) is 11.3 Å². The van der Waals surface area contributed by atoms with Crippen LogP contribution in [0.25, 0.3) is 0 Å². The number of nitrogens with one attached hydrogen (secondary N) is 2. The van der Waals surface area contributed by atoms with E-state index in [-0.39, 0.29) is 86.8 Å². The lowest BCUT2D eigenvalue weighted by Crippen LogP contribution is -2.47. The number of rotatable bonds is 17. The van der Waals surface area contributed by atoms with E-state index in [4.69, 9.17) is 9.47 Å². The summed E-state index contributed by atoms with van der Waals surface area (Å²) in [5, 5.41) is 5.55. The van der Waals surface area contributed by atoms with Crippen molar-refractivity contribution in [1.29, 1.82) is 0 Å². The molecule has 1 saturated carbocycles. The summed E-state index contributed by atoms with van der Waals surface area (Å²) < 4.78 is 10.9. The van der Waals surface area contributed by atoms with Crippen LogP contribution in [0.4, 0.5) is 5.69 Å². The summed E-state index contributed by atoms with van der Waals surface area (Å²) in [5.74, 6) is -0.765. The molecular formula is C32H44N4O8. The van der Waals surface area contributed by atoms with Gasteiger partial charge in [-0.1, -0.05) is 25.0 Å².